The standard InChI is InChI=1S/C28H26N2O5/c1-30(28(26(32)33)14-7-15-28)25(31)18-8-6-9-19(16-18)29-27(34)35-17-24-22-12-4-2-10-20(22)21-11-3-5-13-23(21)24/h2-6,8-13,16,24H,7,14-15,17H2,1H3,(H,29,34)(H,32,33). The van der Waals surface area contributed by atoms with Crippen molar-refractivity contribution in [3.8, 4) is 11.1 Å². The maximum Gasteiger partial charge on any atom is 0.411 e. The van der Waals surface area contributed by atoms with Gasteiger partial charge >= 0.3 is 12.1 Å². The fourth-order valence-corrected chi connectivity index (χ4v) is 5.07. The summed E-state index contributed by atoms with van der Waals surface area (Å²) in [7, 11) is 1.52. The van der Waals surface area contributed by atoms with Gasteiger partial charge in [0.2, 0.25) is 0 Å². The largest absolute Gasteiger partial charge is 0.479 e. The van der Waals surface area contributed by atoms with Crippen molar-refractivity contribution in [2.75, 3.05) is 19.0 Å². The van der Waals surface area contributed by atoms with Crippen LogP contribution in [-0.4, -0.2) is 47.2 Å². The molecular weight excluding hydrogens is 444 g/mol. The number of fused-ring (bicyclic) bond motifs is 3. The number of aliphatic carboxylic acids is 1. The number of carbonyl (C=O) groups excluding carboxylic acids is 2. The minimum atomic E-state index is -1.16. The first-order valence-corrected chi connectivity index (χ1v) is 11.6. The Balaban J connectivity index is 1.26. The number of ether oxygens (including phenoxy) is 1. The van der Waals surface area contributed by atoms with E-state index in [9.17, 15) is 19.5 Å². The van der Waals surface area contributed by atoms with Crippen molar-refractivity contribution in [1.82, 2.24) is 4.90 Å². The van der Waals surface area contributed by atoms with Crippen molar-refractivity contribution in [3.63, 3.8) is 0 Å². The number of benzene rings is 3. The number of carboxylic acids is 1. The molecule has 2 amide bonds. The van der Waals surface area contributed by atoms with E-state index in [0.29, 0.717) is 24.1 Å². The van der Waals surface area contributed by atoms with E-state index in [1.165, 1.54) is 18.0 Å². The van der Waals surface area contributed by atoms with Gasteiger partial charge in [0.15, 0.2) is 0 Å². The Hall–Kier alpha value is -4.13. The Kier molecular flexibility index (Phi) is 5.76. The molecule has 5 rings (SSSR count). The van der Waals surface area contributed by atoms with Crippen molar-refractivity contribution < 1.29 is 24.2 Å². The number of likely N-dealkylation sites (N-methyl/N-ethyl adjacent to an activating group) is 1. The van der Waals surface area contributed by atoms with E-state index in [1.54, 1.807) is 18.2 Å². The summed E-state index contributed by atoms with van der Waals surface area (Å²) in [5.41, 5.74) is 4.10. The number of rotatable bonds is 6. The molecule has 1 saturated carbocycles. The molecule has 0 saturated heterocycles. The molecule has 0 radical (unpaired) electrons. The van der Waals surface area contributed by atoms with Crippen LogP contribution in [0.2, 0.25) is 0 Å². The highest BCUT2D eigenvalue weighted by Crippen LogP contribution is 2.44. The number of nitrogens with zero attached hydrogens (tertiary/aromatic N) is 1. The first kappa shape index (κ1) is 22.7. The molecule has 3 aromatic carbocycles. The summed E-state index contributed by atoms with van der Waals surface area (Å²) in [6, 6.07) is 22.7. The third-order valence-corrected chi connectivity index (χ3v) is 7.23. The van der Waals surface area contributed by atoms with Crippen LogP contribution in [0.15, 0.2) is 72.8 Å². The van der Waals surface area contributed by atoms with Crippen molar-refractivity contribution in [2.45, 2.75) is 30.7 Å². The van der Waals surface area contributed by atoms with E-state index in [1.807, 2.05) is 24.3 Å². The summed E-state index contributed by atoms with van der Waals surface area (Å²) in [6.45, 7) is 0.183. The Morgan fingerprint density at radius 3 is 2.17 bits per heavy atom. The minimum Gasteiger partial charge on any atom is -0.479 e. The molecule has 0 atom stereocenters. The van der Waals surface area contributed by atoms with E-state index in [-0.39, 0.29) is 12.5 Å². The van der Waals surface area contributed by atoms with Gasteiger partial charge in [0.1, 0.15) is 12.1 Å². The predicted molar refractivity (Wildman–Crippen MR) is 131 cm³/mol. The molecule has 3 aromatic rings. The summed E-state index contributed by atoms with van der Waals surface area (Å²) in [5.74, 6) is -1.44. The normalized spacial score (nSPS) is 15.3. The van der Waals surface area contributed by atoms with Crippen LogP contribution in [0.4, 0.5) is 10.5 Å². The molecular formula is C28H26N2O5. The Morgan fingerprint density at radius 1 is 0.971 bits per heavy atom. The summed E-state index contributed by atoms with van der Waals surface area (Å²) in [4.78, 5) is 38.6. The Morgan fingerprint density at radius 2 is 1.60 bits per heavy atom. The first-order valence-electron chi connectivity index (χ1n) is 11.6. The van der Waals surface area contributed by atoms with Crippen LogP contribution in [0.25, 0.3) is 11.1 Å². The first-order chi connectivity index (χ1) is 16.9. The smallest absolute Gasteiger partial charge is 0.411 e. The molecule has 35 heavy (non-hydrogen) atoms. The lowest BCUT2D eigenvalue weighted by atomic mass is 9.75. The highest BCUT2D eigenvalue weighted by molar-refractivity contribution is 5.99. The van der Waals surface area contributed by atoms with E-state index in [2.05, 4.69) is 29.6 Å². The molecule has 2 N–H and O–H groups in total. The topological polar surface area (TPSA) is 95.9 Å². The van der Waals surface area contributed by atoms with Gasteiger partial charge in [0.05, 0.1) is 0 Å². The zero-order valence-corrected chi connectivity index (χ0v) is 19.4. The number of hydrogen-bond acceptors (Lipinski definition) is 4. The molecule has 0 spiro atoms. The summed E-state index contributed by atoms with van der Waals surface area (Å²) >= 11 is 0. The number of carboxylic acid groups (broad SMARTS) is 1. The molecule has 0 heterocycles. The van der Waals surface area contributed by atoms with Crippen LogP contribution < -0.4 is 5.32 Å². The minimum absolute atomic E-state index is 0.0515. The highest BCUT2D eigenvalue weighted by Gasteiger charge is 2.50. The fraction of sp³-hybridized carbons (Fsp3) is 0.250. The van der Waals surface area contributed by atoms with E-state index in [4.69, 9.17) is 4.74 Å². The lowest BCUT2D eigenvalue weighted by molar-refractivity contribution is -0.154. The molecule has 0 bridgehead atoms. The molecule has 178 valence electrons. The van der Waals surface area contributed by atoms with Gasteiger partial charge in [-0.3, -0.25) is 10.1 Å². The second-order valence-electron chi connectivity index (χ2n) is 9.09. The van der Waals surface area contributed by atoms with Gasteiger partial charge in [-0.25, -0.2) is 9.59 Å². The Labute approximate surface area is 203 Å². The number of nitrogens with one attached hydrogen (secondary N) is 1. The number of carbonyl (C=O) groups is 3. The van der Waals surface area contributed by atoms with Crippen molar-refractivity contribution in [1.29, 1.82) is 0 Å². The summed E-state index contributed by atoms with van der Waals surface area (Å²) in [6.07, 6.45) is 1.02. The van der Waals surface area contributed by atoms with Crippen LogP contribution in [0.5, 0.6) is 0 Å². The number of amides is 2. The third-order valence-electron chi connectivity index (χ3n) is 7.23. The molecule has 2 aliphatic carbocycles. The van der Waals surface area contributed by atoms with Crippen LogP contribution in [0.1, 0.15) is 46.7 Å². The van der Waals surface area contributed by atoms with Crippen LogP contribution in [0.3, 0.4) is 0 Å². The molecule has 2 aliphatic rings. The van der Waals surface area contributed by atoms with Gasteiger partial charge in [-0.15, -0.1) is 0 Å². The third kappa shape index (κ3) is 3.93. The van der Waals surface area contributed by atoms with Crippen LogP contribution in [0, 0.1) is 0 Å². The van der Waals surface area contributed by atoms with Crippen molar-refractivity contribution in [2.24, 2.45) is 0 Å². The molecule has 0 unspecified atom stereocenters. The lowest BCUT2D eigenvalue weighted by Gasteiger charge is -2.44. The predicted octanol–water partition coefficient (Wildman–Crippen LogP) is 5.13. The lowest BCUT2D eigenvalue weighted by Crippen LogP contribution is -2.59. The average Bonchev–Trinajstić information content (AvgIpc) is 3.15. The molecule has 7 nitrogen and oxygen atoms in total. The van der Waals surface area contributed by atoms with Crippen LogP contribution >= 0.6 is 0 Å². The maximum absolute atomic E-state index is 13.0. The molecule has 7 heteroatoms. The molecule has 1 fully saturated rings. The van der Waals surface area contributed by atoms with Gasteiger partial charge < -0.3 is 14.7 Å². The summed E-state index contributed by atoms with van der Waals surface area (Å²) in [5, 5.41) is 12.3. The van der Waals surface area contributed by atoms with Crippen molar-refractivity contribution >= 4 is 23.7 Å². The van der Waals surface area contributed by atoms with E-state index in [0.717, 1.165) is 28.7 Å². The zero-order valence-electron chi connectivity index (χ0n) is 19.4. The number of anilines is 1. The van der Waals surface area contributed by atoms with E-state index < -0.39 is 23.5 Å². The second-order valence-corrected chi connectivity index (χ2v) is 9.09. The van der Waals surface area contributed by atoms with Gasteiger partial charge in [-0.05, 0) is 59.7 Å². The monoisotopic (exact) mass is 470 g/mol. The van der Waals surface area contributed by atoms with Crippen molar-refractivity contribution in [3.05, 3.63) is 89.5 Å². The quantitative estimate of drug-likeness (QED) is 0.521. The van der Waals surface area contributed by atoms with Gasteiger partial charge in [-0.2, -0.15) is 0 Å². The number of hydrogen-bond donors (Lipinski definition) is 2. The SMILES string of the molecule is CN(C(=O)c1cccc(NC(=O)OCC2c3ccccc3-c3ccccc32)c1)C1(C(=O)O)CCC1. The van der Waals surface area contributed by atoms with Gasteiger partial charge in [0.25, 0.3) is 5.91 Å². The molecule has 0 aromatic heterocycles. The zero-order chi connectivity index (χ0) is 24.6. The fourth-order valence-electron chi connectivity index (χ4n) is 5.07. The van der Waals surface area contributed by atoms with E-state index >= 15 is 0 Å². The van der Waals surface area contributed by atoms with Gasteiger partial charge in [0, 0.05) is 24.2 Å². The molecule has 0 aliphatic heterocycles. The Bertz CT molecular complexity index is 1270. The van der Waals surface area contributed by atoms with Gasteiger partial charge in [-0.1, -0.05) is 54.6 Å². The average molecular weight is 471 g/mol. The highest BCUT2D eigenvalue weighted by atomic mass is 16.5. The second kappa shape index (κ2) is 8.91. The maximum atomic E-state index is 13.0. The van der Waals surface area contributed by atoms with Crippen LogP contribution in [-0.2, 0) is 9.53 Å². The summed E-state index contributed by atoms with van der Waals surface area (Å²) < 4.78 is 5.58.